The third kappa shape index (κ3) is 6.95. The summed E-state index contributed by atoms with van der Waals surface area (Å²) in [6.07, 6.45) is 2.28. The minimum Gasteiger partial charge on any atom is -0.325 e. The van der Waals surface area contributed by atoms with Gasteiger partial charge in [-0.1, -0.05) is 12.1 Å². The number of carbonyl (C=O) groups is 2. The van der Waals surface area contributed by atoms with Crippen LogP contribution >= 0.6 is 23.1 Å². The lowest BCUT2D eigenvalue weighted by Crippen LogP contribution is -2.18. The maximum absolute atomic E-state index is 13.0. The summed E-state index contributed by atoms with van der Waals surface area (Å²) in [5, 5.41) is 5.81. The molecule has 0 aliphatic rings. The quantitative estimate of drug-likeness (QED) is 0.555. The molecule has 0 bridgehead atoms. The molecule has 2 N–H and O–H groups in total. The molecule has 1 heterocycles. The Morgan fingerprint density at radius 2 is 1.48 bits per heavy atom. The van der Waals surface area contributed by atoms with Crippen molar-refractivity contribution >= 4 is 45.7 Å². The predicted octanol–water partition coefficient (Wildman–Crippen LogP) is 4.32. The van der Waals surface area contributed by atoms with E-state index in [1.165, 1.54) is 59.5 Å². The maximum Gasteiger partial charge on any atom is 0.236 e. The average molecular weight is 434 g/mol. The zero-order chi connectivity index (χ0) is 20.6. The number of nitrogens with zero attached hydrogens (tertiary/aromatic N) is 1. The molecule has 0 aliphatic carbocycles. The Kier molecular flexibility index (Phi) is 7.31. The van der Waals surface area contributed by atoms with Gasteiger partial charge in [0.25, 0.3) is 0 Å². The summed E-state index contributed by atoms with van der Waals surface area (Å²) in [6.45, 7) is 0. The summed E-state index contributed by atoms with van der Waals surface area (Å²) >= 11 is 2.51. The first-order chi connectivity index (χ1) is 14.0. The molecule has 29 heavy (non-hydrogen) atoms. The van der Waals surface area contributed by atoms with Crippen molar-refractivity contribution < 1.29 is 18.4 Å². The first kappa shape index (κ1) is 20.9. The van der Waals surface area contributed by atoms with E-state index in [4.69, 9.17) is 0 Å². The third-order valence-corrected chi connectivity index (χ3v) is 5.53. The molecule has 0 radical (unpaired) electrons. The number of halogens is 2. The summed E-state index contributed by atoms with van der Waals surface area (Å²) in [6, 6.07) is 11.7. The Balaban J connectivity index is 1.39. The van der Waals surface area contributed by atoms with Crippen molar-refractivity contribution in [2.75, 3.05) is 22.1 Å². The van der Waals surface area contributed by atoms with Gasteiger partial charge < -0.3 is 10.6 Å². The molecular formula is C20H17F2N3O2S2. The highest BCUT2D eigenvalue weighted by Crippen LogP contribution is 2.21. The van der Waals surface area contributed by atoms with Crippen LogP contribution in [0.3, 0.4) is 0 Å². The minimum atomic E-state index is -0.378. The van der Waals surface area contributed by atoms with Crippen molar-refractivity contribution in [2.24, 2.45) is 0 Å². The lowest BCUT2D eigenvalue weighted by atomic mass is 10.1. The highest BCUT2D eigenvalue weighted by molar-refractivity contribution is 8.00. The van der Waals surface area contributed by atoms with E-state index in [0.717, 1.165) is 10.4 Å². The maximum atomic E-state index is 13.0. The molecule has 0 spiro atoms. The van der Waals surface area contributed by atoms with Gasteiger partial charge in [-0.25, -0.2) is 13.8 Å². The number of thiazole rings is 1. The molecule has 150 valence electrons. The lowest BCUT2D eigenvalue weighted by Gasteiger charge is -2.05. The van der Waals surface area contributed by atoms with E-state index in [9.17, 15) is 18.4 Å². The van der Waals surface area contributed by atoms with E-state index in [-0.39, 0.29) is 35.0 Å². The van der Waals surface area contributed by atoms with Gasteiger partial charge in [0.15, 0.2) is 5.13 Å². The van der Waals surface area contributed by atoms with Crippen LogP contribution in [-0.4, -0.2) is 28.3 Å². The van der Waals surface area contributed by atoms with Gasteiger partial charge in [0.1, 0.15) is 11.6 Å². The minimum absolute atomic E-state index is 0.0957. The van der Waals surface area contributed by atoms with Crippen LogP contribution in [0.1, 0.15) is 10.4 Å². The molecule has 3 rings (SSSR count). The number of amides is 2. The summed E-state index contributed by atoms with van der Waals surface area (Å²) in [5.41, 5.74) is 1.45. The number of anilines is 2. The molecular weight excluding hydrogens is 416 g/mol. The first-order valence-corrected chi connectivity index (χ1v) is 10.6. The highest BCUT2D eigenvalue weighted by Gasteiger charge is 2.09. The number of hydrogen-bond donors (Lipinski definition) is 2. The van der Waals surface area contributed by atoms with Crippen LogP contribution in [-0.2, 0) is 16.0 Å². The first-order valence-electron chi connectivity index (χ1n) is 8.60. The van der Waals surface area contributed by atoms with Crippen molar-refractivity contribution in [1.29, 1.82) is 0 Å². The number of aromatic nitrogens is 1. The van der Waals surface area contributed by atoms with Crippen molar-refractivity contribution in [3.63, 3.8) is 0 Å². The molecule has 3 aromatic rings. The molecule has 9 heteroatoms. The van der Waals surface area contributed by atoms with Crippen LogP contribution < -0.4 is 10.6 Å². The van der Waals surface area contributed by atoms with Crippen molar-refractivity contribution in [3.8, 4) is 0 Å². The number of hydrogen-bond acceptors (Lipinski definition) is 5. The smallest absolute Gasteiger partial charge is 0.236 e. The van der Waals surface area contributed by atoms with Crippen LogP contribution in [0.25, 0.3) is 0 Å². The molecule has 5 nitrogen and oxygen atoms in total. The van der Waals surface area contributed by atoms with Crippen LogP contribution in [0.5, 0.6) is 0 Å². The molecule has 0 saturated heterocycles. The Morgan fingerprint density at radius 1 is 0.897 bits per heavy atom. The second-order valence-corrected chi connectivity index (χ2v) is 8.13. The van der Waals surface area contributed by atoms with Gasteiger partial charge in [0.2, 0.25) is 11.8 Å². The van der Waals surface area contributed by atoms with Gasteiger partial charge in [-0.15, -0.1) is 23.1 Å². The Bertz CT molecular complexity index is 976. The van der Waals surface area contributed by atoms with Gasteiger partial charge in [0, 0.05) is 23.2 Å². The Labute approximate surface area is 174 Å². The van der Waals surface area contributed by atoms with E-state index < -0.39 is 0 Å². The third-order valence-electron chi connectivity index (χ3n) is 3.69. The SMILES string of the molecule is O=C(CSCC(=O)Nc1ncc(Cc2ccc(F)cc2)s1)Nc1ccc(F)cc1. The number of rotatable bonds is 8. The van der Waals surface area contributed by atoms with Gasteiger partial charge in [-0.3, -0.25) is 9.59 Å². The largest absolute Gasteiger partial charge is 0.325 e. The van der Waals surface area contributed by atoms with E-state index in [0.29, 0.717) is 17.2 Å². The molecule has 2 aromatic carbocycles. The molecule has 0 atom stereocenters. The van der Waals surface area contributed by atoms with E-state index in [1.807, 2.05) is 0 Å². The predicted molar refractivity (Wildman–Crippen MR) is 112 cm³/mol. The zero-order valence-electron chi connectivity index (χ0n) is 15.2. The Morgan fingerprint density at radius 3 is 2.14 bits per heavy atom. The average Bonchev–Trinajstić information content (AvgIpc) is 3.12. The summed E-state index contributed by atoms with van der Waals surface area (Å²) in [5.74, 6) is -0.994. The van der Waals surface area contributed by atoms with Gasteiger partial charge in [-0.2, -0.15) is 0 Å². The van der Waals surface area contributed by atoms with E-state index in [2.05, 4.69) is 15.6 Å². The highest BCUT2D eigenvalue weighted by atomic mass is 32.2. The van der Waals surface area contributed by atoms with Crippen LogP contribution in [0.4, 0.5) is 19.6 Å². The molecule has 1 aromatic heterocycles. The number of benzene rings is 2. The number of thioether (sulfide) groups is 1. The fourth-order valence-electron chi connectivity index (χ4n) is 2.37. The van der Waals surface area contributed by atoms with Crippen LogP contribution in [0, 0.1) is 11.6 Å². The molecule has 0 unspecified atom stereocenters. The summed E-state index contributed by atoms with van der Waals surface area (Å²) in [7, 11) is 0. The molecule has 0 saturated carbocycles. The normalized spacial score (nSPS) is 10.6. The van der Waals surface area contributed by atoms with Gasteiger partial charge in [-0.05, 0) is 42.0 Å². The second kappa shape index (κ2) is 10.1. The van der Waals surface area contributed by atoms with Crippen molar-refractivity contribution in [1.82, 2.24) is 4.98 Å². The van der Waals surface area contributed by atoms with Crippen LogP contribution in [0.15, 0.2) is 54.7 Å². The van der Waals surface area contributed by atoms with Gasteiger partial charge in [0.05, 0.1) is 11.5 Å². The second-order valence-electron chi connectivity index (χ2n) is 6.03. The number of nitrogens with one attached hydrogen (secondary N) is 2. The fraction of sp³-hybridized carbons (Fsp3) is 0.150. The molecule has 2 amide bonds. The zero-order valence-corrected chi connectivity index (χ0v) is 16.8. The summed E-state index contributed by atoms with van der Waals surface area (Å²) in [4.78, 5) is 29.0. The monoisotopic (exact) mass is 433 g/mol. The lowest BCUT2D eigenvalue weighted by molar-refractivity contribution is -0.114. The Hall–Kier alpha value is -2.78. The standard InChI is InChI=1S/C20H17F2N3O2S2/c21-14-3-1-13(2-4-14)9-17-10-23-20(29-17)25-19(27)12-28-11-18(26)24-16-7-5-15(22)6-8-16/h1-8,10H,9,11-12H2,(H,24,26)(H,23,25,27). The molecule has 0 aliphatic heterocycles. The topological polar surface area (TPSA) is 71.1 Å². The van der Waals surface area contributed by atoms with Crippen LogP contribution in [0.2, 0.25) is 0 Å². The van der Waals surface area contributed by atoms with E-state index in [1.54, 1.807) is 18.3 Å². The van der Waals surface area contributed by atoms with Crippen molar-refractivity contribution in [2.45, 2.75) is 6.42 Å². The molecule has 0 fully saturated rings. The van der Waals surface area contributed by atoms with E-state index >= 15 is 0 Å². The summed E-state index contributed by atoms with van der Waals surface area (Å²) < 4.78 is 25.8. The fourth-order valence-corrected chi connectivity index (χ4v) is 3.85. The number of carbonyl (C=O) groups excluding carboxylic acids is 2. The van der Waals surface area contributed by atoms with Crippen molar-refractivity contribution in [3.05, 3.63) is 76.8 Å². The van der Waals surface area contributed by atoms with Gasteiger partial charge >= 0.3 is 0 Å².